The van der Waals surface area contributed by atoms with Crippen molar-refractivity contribution in [1.29, 1.82) is 0 Å². The summed E-state index contributed by atoms with van der Waals surface area (Å²) in [6.07, 6.45) is 0.0985. The van der Waals surface area contributed by atoms with Crippen molar-refractivity contribution in [3.05, 3.63) is 35.4 Å². The number of carbonyl (C=O) groups excluding carboxylic acids is 2. The minimum absolute atomic E-state index is 0.239. The predicted molar refractivity (Wildman–Crippen MR) is 90.4 cm³/mol. The highest BCUT2D eigenvalue weighted by atomic mass is 16.6. The molecule has 1 aromatic carbocycles. The van der Waals surface area contributed by atoms with Crippen LogP contribution in [0, 0.1) is 12.8 Å². The molecule has 0 radical (unpaired) electrons. The van der Waals surface area contributed by atoms with E-state index in [1.807, 2.05) is 32.9 Å². The first-order chi connectivity index (χ1) is 11.4. The maximum atomic E-state index is 12.5. The summed E-state index contributed by atoms with van der Waals surface area (Å²) in [7, 11) is 0. The predicted octanol–water partition coefficient (Wildman–Crippen LogP) is 1.36. The molecule has 3 atom stereocenters. The molecule has 0 aliphatic carbocycles. The van der Waals surface area contributed by atoms with E-state index >= 15 is 0 Å². The Hall–Kier alpha value is -1.92. The molecule has 24 heavy (non-hydrogen) atoms. The fourth-order valence-corrected chi connectivity index (χ4v) is 2.73. The number of carbonyl (C=O) groups is 2. The van der Waals surface area contributed by atoms with Gasteiger partial charge in [-0.15, -0.1) is 0 Å². The van der Waals surface area contributed by atoms with E-state index in [0.29, 0.717) is 25.0 Å². The second-order valence-corrected chi connectivity index (χ2v) is 6.69. The van der Waals surface area contributed by atoms with Crippen molar-refractivity contribution in [3.8, 4) is 0 Å². The molecule has 0 saturated carbocycles. The van der Waals surface area contributed by atoms with Crippen LogP contribution < -0.4 is 10.6 Å². The SMILES string of the molecule is Cc1cccc(C(=O)NC(CC(C)C)C(=O)NC2CCOC2O)c1. The van der Waals surface area contributed by atoms with Crippen LogP contribution in [0.3, 0.4) is 0 Å². The van der Waals surface area contributed by atoms with E-state index in [9.17, 15) is 14.7 Å². The molecule has 1 fully saturated rings. The molecular weight excluding hydrogens is 308 g/mol. The monoisotopic (exact) mass is 334 g/mol. The zero-order valence-electron chi connectivity index (χ0n) is 14.4. The van der Waals surface area contributed by atoms with Crippen LogP contribution in [-0.4, -0.2) is 41.9 Å². The Labute approximate surface area is 142 Å². The average Bonchev–Trinajstić information content (AvgIpc) is 2.91. The Morgan fingerprint density at radius 3 is 2.71 bits per heavy atom. The van der Waals surface area contributed by atoms with Gasteiger partial charge in [0, 0.05) is 5.56 Å². The number of aliphatic hydroxyl groups is 1. The highest BCUT2D eigenvalue weighted by Crippen LogP contribution is 2.13. The summed E-state index contributed by atoms with van der Waals surface area (Å²) in [5.41, 5.74) is 1.51. The molecule has 3 N–H and O–H groups in total. The van der Waals surface area contributed by atoms with E-state index in [-0.39, 0.29) is 17.7 Å². The topological polar surface area (TPSA) is 87.7 Å². The molecular formula is C18H26N2O4. The Kier molecular flexibility index (Phi) is 6.34. The van der Waals surface area contributed by atoms with E-state index in [0.717, 1.165) is 5.56 Å². The quantitative estimate of drug-likeness (QED) is 0.733. The molecule has 3 unspecified atom stereocenters. The van der Waals surface area contributed by atoms with Gasteiger partial charge in [-0.2, -0.15) is 0 Å². The first-order valence-corrected chi connectivity index (χ1v) is 8.34. The highest BCUT2D eigenvalue weighted by Gasteiger charge is 2.31. The standard InChI is InChI=1S/C18H26N2O4/c1-11(2)9-15(17(22)19-14-7-8-24-18(14)23)20-16(21)13-6-4-5-12(3)10-13/h4-6,10-11,14-15,18,23H,7-9H2,1-3H3,(H,19,22)(H,20,21). The van der Waals surface area contributed by atoms with Gasteiger partial charge in [-0.25, -0.2) is 0 Å². The minimum Gasteiger partial charge on any atom is -0.366 e. The smallest absolute Gasteiger partial charge is 0.251 e. The fourth-order valence-electron chi connectivity index (χ4n) is 2.73. The van der Waals surface area contributed by atoms with Crippen LogP contribution in [0.4, 0.5) is 0 Å². The van der Waals surface area contributed by atoms with Crippen molar-refractivity contribution in [3.63, 3.8) is 0 Å². The van der Waals surface area contributed by atoms with Crippen molar-refractivity contribution in [2.24, 2.45) is 5.92 Å². The van der Waals surface area contributed by atoms with Gasteiger partial charge >= 0.3 is 0 Å². The summed E-state index contributed by atoms with van der Waals surface area (Å²) in [4.78, 5) is 25.0. The van der Waals surface area contributed by atoms with Crippen molar-refractivity contribution in [2.75, 3.05) is 6.61 Å². The Morgan fingerprint density at radius 2 is 2.12 bits per heavy atom. The van der Waals surface area contributed by atoms with Gasteiger partial charge < -0.3 is 20.5 Å². The van der Waals surface area contributed by atoms with Crippen molar-refractivity contribution >= 4 is 11.8 Å². The number of aliphatic hydroxyl groups excluding tert-OH is 1. The Bertz CT molecular complexity index is 588. The number of hydrogen-bond acceptors (Lipinski definition) is 4. The van der Waals surface area contributed by atoms with Crippen LogP contribution in [0.2, 0.25) is 0 Å². The lowest BCUT2D eigenvalue weighted by Gasteiger charge is -2.23. The summed E-state index contributed by atoms with van der Waals surface area (Å²) in [6.45, 7) is 6.31. The zero-order valence-corrected chi connectivity index (χ0v) is 14.4. The van der Waals surface area contributed by atoms with Gasteiger partial charge in [0.2, 0.25) is 5.91 Å². The summed E-state index contributed by atoms with van der Waals surface area (Å²) < 4.78 is 5.04. The number of rotatable bonds is 6. The van der Waals surface area contributed by atoms with Crippen LogP contribution in [0.15, 0.2) is 24.3 Å². The summed E-state index contributed by atoms with van der Waals surface area (Å²) in [5, 5.41) is 15.2. The number of benzene rings is 1. The molecule has 0 bridgehead atoms. The van der Waals surface area contributed by atoms with Crippen LogP contribution in [-0.2, 0) is 9.53 Å². The number of hydrogen-bond donors (Lipinski definition) is 3. The molecule has 6 heteroatoms. The van der Waals surface area contributed by atoms with E-state index in [2.05, 4.69) is 10.6 Å². The zero-order chi connectivity index (χ0) is 17.7. The van der Waals surface area contributed by atoms with Crippen molar-refractivity contribution in [1.82, 2.24) is 10.6 Å². The molecule has 132 valence electrons. The van der Waals surface area contributed by atoms with Gasteiger partial charge in [0.15, 0.2) is 6.29 Å². The number of ether oxygens (including phenoxy) is 1. The van der Waals surface area contributed by atoms with Crippen LogP contribution in [0.25, 0.3) is 0 Å². The van der Waals surface area contributed by atoms with Crippen molar-refractivity contribution in [2.45, 2.75) is 52.0 Å². The number of aryl methyl sites for hydroxylation is 1. The van der Waals surface area contributed by atoms with Crippen LogP contribution in [0.5, 0.6) is 0 Å². The summed E-state index contributed by atoms with van der Waals surface area (Å²) in [5.74, 6) is -0.328. The van der Waals surface area contributed by atoms with E-state index in [1.54, 1.807) is 12.1 Å². The molecule has 0 spiro atoms. The normalized spacial score (nSPS) is 21.5. The Morgan fingerprint density at radius 1 is 1.38 bits per heavy atom. The molecule has 1 aromatic rings. The molecule has 2 rings (SSSR count). The minimum atomic E-state index is -0.985. The maximum Gasteiger partial charge on any atom is 0.251 e. The molecule has 1 heterocycles. The van der Waals surface area contributed by atoms with Crippen LogP contribution >= 0.6 is 0 Å². The highest BCUT2D eigenvalue weighted by molar-refractivity contribution is 5.97. The first-order valence-electron chi connectivity index (χ1n) is 8.34. The molecule has 1 aliphatic rings. The van der Waals surface area contributed by atoms with Gasteiger partial charge in [-0.05, 0) is 37.8 Å². The van der Waals surface area contributed by atoms with E-state index < -0.39 is 18.4 Å². The van der Waals surface area contributed by atoms with E-state index in [1.165, 1.54) is 0 Å². The largest absolute Gasteiger partial charge is 0.366 e. The second kappa shape index (κ2) is 8.26. The molecule has 1 saturated heterocycles. The first kappa shape index (κ1) is 18.4. The molecule has 6 nitrogen and oxygen atoms in total. The van der Waals surface area contributed by atoms with Gasteiger partial charge in [-0.3, -0.25) is 9.59 Å². The number of amides is 2. The van der Waals surface area contributed by atoms with E-state index in [4.69, 9.17) is 4.74 Å². The van der Waals surface area contributed by atoms with Crippen molar-refractivity contribution < 1.29 is 19.4 Å². The molecule has 2 amide bonds. The summed E-state index contributed by atoms with van der Waals surface area (Å²) in [6, 6.07) is 6.16. The van der Waals surface area contributed by atoms with Crippen LogP contribution in [0.1, 0.15) is 42.6 Å². The lowest BCUT2D eigenvalue weighted by atomic mass is 10.0. The summed E-state index contributed by atoms with van der Waals surface area (Å²) >= 11 is 0. The maximum absolute atomic E-state index is 12.5. The lowest BCUT2D eigenvalue weighted by molar-refractivity contribution is -0.127. The van der Waals surface area contributed by atoms with Gasteiger partial charge in [-0.1, -0.05) is 31.5 Å². The molecule has 1 aliphatic heterocycles. The van der Waals surface area contributed by atoms with Gasteiger partial charge in [0.1, 0.15) is 6.04 Å². The average molecular weight is 334 g/mol. The third-order valence-electron chi connectivity index (χ3n) is 4.00. The Balaban J connectivity index is 2.04. The molecule has 0 aromatic heterocycles. The lowest BCUT2D eigenvalue weighted by Crippen LogP contribution is -2.51. The van der Waals surface area contributed by atoms with Gasteiger partial charge in [0.05, 0.1) is 12.6 Å². The second-order valence-electron chi connectivity index (χ2n) is 6.69. The van der Waals surface area contributed by atoms with Gasteiger partial charge in [0.25, 0.3) is 5.91 Å². The fraction of sp³-hybridized carbons (Fsp3) is 0.556. The number of nitrogens with one attached hydrogen (secondary N) is 2. The third-order valence-corrected chi connectivity index (χ3v) is 4.00. The third kappa shape index (κ3) is 5.04.